The van der Waals surface area contributed by atoms with E-state index in [4.69, 9.17) is 0 Å². The van der Waals surface area contributed by atoms with Gasteiger partial charge in [-0.2, -0.15) is 0 Å². The predicted octanol–water partition coefficient (Wildman–Crippen LogP) is 2.03. The molecule has 0 aliphatic heterocycles. The third-order valence-electron chi connectivity index (χ3n) is 2.60. The fraction of sp³-hybridized carbons (Fsp3) is 0.286. The monoisotopic (exact) mass is 275 g/mol. The van der Waals surface area contributed by atoms with Crippen molar-refractivity contribution in [1.82, 2.24) is 15.2 Å². The van der Waals surface area contributed by atoms with Crippen LogP contribution < -0.4 is 5.32 Å². The smallest absolute Gasteiger partial charge is 0.234 e. The zero-order valence-electron chi connectivity index (χ0n) is 10.9. The van der Waals surface area contributed by atoms with Crippen molar-refractivity contribution in [2.24, 2.45) is 0 Å². The largest absolute Gasteiger partial charge is 0.352 e. The van der Waals surface area contributed by atoms with Crippen LogP contribution in [0.4, 0.5) is 0 Å². The lowest BCUT2D eigenvalue weighted by atomic mass is 10.3. The van der Waals surface area contributed by atoms with E-state index in [0.29, 0.717) is 19.6 Å². The molecule has 1 aromatic heterocycles. The van der Waals surface area contributed by atoms with Crippen molar-refractivity contribution in [1.29, 1.82) is 0 Å². The summed E-state index contributed by atoms with van der Waals surface area (Å²) in [5, 5.41) is 3.79. The van der Waals surface area contributed by atoms with Gasteiger partial charge >= 0.3 is 0 Å². The van der Waals surface area contributed by atoms with Gasteiger partial charge in [0.2, 0.25) is 5.91 Å². The lowest BCUT2D eigenvalue weighted by molar-refractivity contribution is -0.121. The highest BCUT2D eigenvalue weighted by atomic mass is 32.1. The van der Waals surface area contributed by atoms with Crippen molar-refractivity contribution in [3.05, 3.63) is 41.9 Å². The van der Waals surface area contributed by atoms with E-state index in [1.54, 1.807) is 17.4 Å². The molecule has 1 aromatic carbocycles. The first-order chi connectivity index (χ1) is 9.19. The Kier molecular flexibility index (Phi) is 4.65. The Bertz CT molecular complexity index is 546. The van der Waals surface area contributed by atoms with Crippen LogP contribution in [0, 0.1) is 0 Å². The summed E-state index contributed by atoms with van der Waals surface area (Å²) in [6, 6.07) is 8.06. The first-order valence-corrected chi connectivity index (χ1v) is 6.91. The summed E-state index contributed by atoms with van der Waals surface area (Å²) in [4.78, 5) is 18.1. The predicted molar refractivity (Wildman–Crippen MR) is 79.2 cm³/mol. The molecule has 0 atom stereocenters. The number of amides is 1. The topological polar surface area (TPSA) is 45.2 Å². The quantitative estimate of drug-likeness (QED) is 0.821. The Labute approximate surface area is 116 Å². The van der Waals surface area contributed by atoms with Crippen LogP contribution in [0.15, 0.2) is 36.9 Å². The number of carbonyl (C=O) groups is 1. The summed E-state index contributed by atoms with van der Waals surface area (Å²) in [6.45, 7) is 5.12. The number of aromatic nitrogens is 1. The van der Waals surface area contributed by atoms with Gasteiger partial charge in [-0.3, -0.25) is 9.69 Å². The number of fused-ring (bicyclic) bond motifs is 1. The molecule has 1 amide bonds. The maximum atomic E-state index is 11.6. The van der Waals surface area contributed by atoms with Crippen molar-refractivity contribution in [2.75, 3.05) is 20.1 Å². The van der Waals surface area contributed by atoms with Crippen LogP contribution in [0.1, 0.15) is 5.01 Å². The van der Waals surface area contributed by atoms with Crippen LogP contribution >= 0.6 is 11.3 Å². The molecule has 0 spiro atoms. The van der Waals surface area contributed by atoms with Gasteiger partial charge in [-0.25, -0.2) is 4.98 Å². The maximum Gasteiger partial charge on any atom is 0.234 e. The average molecular weight is 275 g/mol. The Morgan fingerprint density at radius 2 is 2.32 bits per heavy atom. The standard InChI is InChI=1S/C14H17N3OS/c1-3-8-15-13(18)9-17(2)10-14-16-11-6-4-5-7-12(11)19-14/h3-7H,1,8-10H2,2H3,(H,15,18). The number of hydrogen-bond donors (Lipinski definition) is 1. The van der Waals surface area contributed by atoms with Crippen molar-refractivity contribution in [2.45, 2.75) is 6.54 Å². The van der Waals surface area contributed by atoms with Crippen LogP contribution in [0.2, 0.25) is 0 Å². The van der Waals surface area contributed by atoms with Gasteiger partial charge in [-0.15, -0.1) is 17.9 Å². The minimum atomic E-state index is 0.00325. The summed E-state index contributed by atoms with van der Waals surface area (Å²) in [5.41, 5.74) is 1.02. The molecule has 0 saturated carbocycles. The van der Waals surface area contributed by atoms with Crippen LogP contribution in [-0.2, 0) is 11.3 Å². The fourth-order valence-electron chi connectivity index (χ4n) is 1.76. The molecule has 2 aromatic rings. The molecule has 0 unspecified atom stereocenters. The number of nitrogens with zero attached hydrogens (tertiary/aromatic N) is 2. The number of carbonyl (C=O) groups excluding carboxylic acids is 1. The van der Waals surface area contributed by atoms with Gasteiger partial charge < -0.3 is 5.32 Å². The molecule has 0 radical (unpaired) electrons. The van der Waals surface area contributed by atoms with Crippen molar-refractivity contribution < 1.29 is 4.79 Å². The molecule has 1 N–H and O–H groups in total. The number of hydrogen-bond acceptors (Lipinski definition) is 4. The molecule has 0 aliphatic carbocycles. The second-order valence-electron chi connectivity index (χ2n) is 4.34. The van der Waals surface area contributed by atoms with E-state index in [1.807, 2.05) is 30.1 Å². The van der Waals surface area contributed by atoms with Gasteiger partial charge in [-0.05, 0) is 19.2 Å². The number of likely N-dealkylation sites (N-methyl/N-ethyl adjacent to an activating group) is 1. The van der Waals surface area contributed by atoms with E-state index < -0.39 is 0 Å². The van der Waals surface area contributed by atoms with Gasteiger partial charge in [0.15, 0.2) is 0 Å². The minimum Gasteiger partial charge on any atom is -0.352 e. The number of thiazole rings is 1. The van der Waals surface area contributed by atoms with Crippen LogP contribution in [0.5, 0.6) is 0 Å². The highest BCUT2D eigenvalue weighted by molar-refractivity contribution is 7.18. The Balaban J connectivity index is 1.92. The molecule has 2 rings (SSSR count). The lowest BCUT2D eigenvalue weighted by Crippen LogP contribution is -2.34. The third kappa shape index (κ3) is 3.87. The summed E-state index contributed by atoms with van der Waals surface area (Å²) in [5.74, 6) is 0.00325. The SMILES string of the molecule is C=CCNC(=O)CN(C)Cc1nc2ccccc2s1. The Morgan fingerprint density at radius 3 is 3.05 bits per heavy atom. The fourth-order valence-corrected chi connectivity index (χ4v) is 2.81. The van der Waals surface area contributed by atoms with E-state index in [-0.39, 0.29) is 5.91 Å². The molecular weight excluding hydrogens is 258 g/mol. The Morgan fingerprint density at radius 1 is 1.53 bits per heavy atom. The summed E-state index contributed by atoms with van der Waals surface area (Å²) >= 11 is 1.67. The van der Waals surface area contributed by atoms with Crippen LogP contribution in [0.25, 0.3) is 10.2 Å². The van der Waals surface area contributed by atoms with Gasteiger partial charge in [-0.1, -0.05) is 18.2 Å². The molecule has 4 nitrogen and oxygen atoms in total. The molecule has 19 heavy (non-hydrogen) atoms. The van der Waals surface area contributed by atoms with E-state index in [2.05, 4.69) is 22.9 Å². The highest BCUT2D eigenvalue weighted by Gasteiger charge is 2.09. The molecule has 100 valence electrons. The van der Waals surface area contributed by atoms with Crippen molar-refractivity contribution in [3.63, 3.8) is 0 Å². The molecular formula is C14H17N3OS. The lowest BCUT2D eigenvalue weighted by Gasteiger charge is -2.13. The second-order valence-corrected chi connectivity index (χ2v) is 5.46. The van der Waals surface area contributed by atoms with Crippen molar-refractivity contribution in [3.8, 4) is 0 Å². The molecule has 5 heteroatoms. The molecule has 0 bridgehead atoms. The van der Waals surface area contributed by atoms with Crippen molar-refractivity contribution >= 4 is 27.5 Å². The van der Waals surface area contributed by atoms with Crippen LogP contribution in [0.3, 0.4) is 0 Å². The third-order valence-corrected chi connectivity index (χ3v) is 3.62. The van der Waals surface area contributed by atoms with Gasteiger partial charge in [0.05, 0.1) is 23.3 Å². The van der Waals surface area contributed by atoms with Gasteiger partial charge in [0.1, 0.15) is 5.01 Å². The number of benzene rings is 1. The molecule has 0 aliphatic rings. The summed E-state index contributed by atoms with van der Waals surface area (Å²) < 4.78 is 1.18. The first kappa shape index (κ1) is 13.7. The molecule has 1 heterocycles. The molecule has 0 fully saturated rings. The second kappa shape index (κ2) is 6.45. The van der Waals surface area contributed by atoms with E-state index in [9.17, 15) is 4.79 Å². The normalized spacial score (nSPS) is 10.8. The van der Waals surface area contributed by atoms with E-state index >= 15 is 0 Å². The van der Waals surface area contributed by atoms with Gasteiger partial charge in [0.25, 0.3) is 0 Å². The zero-order chi connectivity index (χ0) is 13.7. The Hall–Kier alpha value is -1.72. The van der Waals surface area contributed by atoms with E-state index in [0.717, 1.165) is 10.5 Å². The average Bonchev–Trinajstić information content (AvgIpc) is 2.78. The summed E-state index contributed by atoms with van der Waals surface area (Å²) in [7, 11) is 1.92. The van der Waals surface area contributed by atoms with Crippen LogP contribution in [-0.4, -0.2) is 35.9 Å². The zero-order valence-corrected chi connectivity index (χ0v) is 11.7. The number of nitrogens with one attached hydrogen (secondary N) is 1. The number of para-hydroxylation sites is 1. The number of rotatable bonds is 6. The first-order valence-electron chi connectivity index (χ1n) is 6.09. The molecule has 0 saturated heterocycles. The minimum absolute atomic E-state index is 0.00325. The van der Waals surface area contributed by atoms with E-state index in [1.165, 1.54) is 4.70 Å². The van der Waals surface area contributed by atoms with Gasteiger partial charge in [0, 0.05) is 6.54 Å². The summed E-state index contributed by atoms with van der Waals surface area (Å²) in [6.07, 6.45) is 1.67. The highest BCUT2D eigenvalue weighted by Crippen LogP contribution is 2.22. The maximum absolute atomic E-state index is 11.6.